The van der Waals surface area contributed by atoms with Crippen LogP contribution < -0.4 is 9.30 Å². The van der Waals surface area contributed by atoms with Gasteiger partial charge in [0.25, 0.3) is 6.33 Å². The molecule has 0 saturated carbocycles. The van der Waals surface area contributed by atoms with Crippen LogP contribution >= 0.6 is 0 Å². The molecule has 0 atom stereocenters. The van der Waals surface area contributed by atoms with Gasteiger partial charge in [0.2, 0.25) is 0 Å². The van der Waals surface area contributed by atoms with Gasteiger partial charge in [-0.15, -0.1) is 29.7 Å². The number of aromatic nitrogens is 4. The van der Waals surface area contributed by atoms with Crippen molar-refractivity contribution in [1.82, 2.24) is 14.1 Å². The van der Waals surface area contributed by atoms with E-state index >= 15 is 0 Å². The Morgan fingerprint density at radius 1 is 0.530 bits per heavy atom. The molecule has 0 unspecified atom stereocenters. The molecule has 7 aromatic carbocycles. The molecule has 5 nitrogen and oxygen atoms in total. The van der Waals surface area contributed by atoms with E-state index < -0.39 is 0 Å². The van der Waals surface area contributed by atoms with Gasteiger partial charge < -0.3 is 13.9 Å². The van der Waals surface area contributed by atoms with Gasteiger partial charge in [-0.25, -0.2) is 4.98 Å². The van der Waals surface area contributed by atoms with Gasteiger partial charge in [0.1, 0.15) is 5.82 Å². The Bertz CT molecular complexity index is 3320. The number of hydrogen-bond donors (Lipinski definition) is 0. The Morgan fingerprint density at radius 3 is 1.89 bits per heavy atom. The second-order valence-corrected chi connectivity index (χ2v) is 19.0. The maximum Gasteiger partial charge on any atom is 0.267 e. The van der Waals surface area contributed by atoms with Crippen LogP contribution in [-0.4, -0.2) is 14.1 Å². The SMILES string of the molecule is CC(C)(C)c1ccnc(-n2c3[c-]c(Oc4[c-]c(-n5[c-][n+](-c6cccc(C(C)(C)c7ccccc7)c6)cc5C(C)(C)c5ccccc5)ccc4)ccc3c3cc(-c4ccccc4)ccc32)c1.[Pt]. The van der Waals surface area contributed by atoms with Crippen LogP contribution in [0.5, 0.6) is 11.5 Å². The minimum absolute atomic E-state index is 0. The van der Waals surface area contributed by atoms with Crippen molar-refractivity contribution in [1.29, 1.82) is 0 Å². The van der Waals surface area contributed by atoms with E-state index in [4.69, 9.17) is 9.72 Å². The molecule has 0 amide bonds. The van der Waals surface area contributed by atoms with Gasteiger partial charge in [0.05, 0.1) is 11.4 Å². The third-order valence-electron chi connectivity index (χ3n) is 13.0. The molecule has 10 rings (SSSR count). The molecule has 0 aliphatic carbocycles. The molecule has 0 N–H and O–H groups in total. The molecule has 330 valence electrons. The van der Waals surface area contributed by atoms with Crippen molar-refractivity contribution in [2.45, 2.75) is 64.7 Å². The van der Waals surface area contributed by atoms with Gasteiger partial charge in [-0.05, 0) is 80.2 Å². The summed E-state index contributed by atoms with van der Waals surface area (Å²) in [4.78, 5) is 4.93. The smallest absolute Gasteiger partial charge is 0.267 e. The minimum atomic E-state index is -0.389. The molecule has 0 spiro atoms. The summed E-state index contributed by atoms with van der Waals surface area (Å²) in [5.74, 6) is 1.99. The first-order chi connectivity index (χ1) is 31.3. The first-order valence-electron chi connectivity index (χ1n) is 22.4. The zero-order valence-electron chi connectivity index (χ0n) is 38.4. The van der Waals surface area contributed by atoms with E-state index in [-0.39, 0.29) is 37.3 Å². The second-order valence-electron chi connectivity index (χ2n) is 19.0. The summed E-state index contributed by atoms with van der Waals surface area (Å²) in [6.07, 6.45) is 7.84. The van der Waals surface area contributed by atoms with Gasteiger partial charge in [-0.3, -0.25) is 4.57 Å². The molecule has 3 heterocycles. The summed E-state index contributed by atoms with van der Waals surface area (Å²) < 4.78 is 13.2. The fraction of sp³-hybridized carbons (Fsp3) is 0.167. The molecule has 0 radical (unpaired) electrons. The predicted molar refractivity (Wildman–Crippen MR) is 264 cm³/mol. The first kappa shape index (κ1) is 44.4. The van der Waals surface area contributed by atoms with Gasteiger partial charge in [-0.2, -0.15) is 18.2 Å². The zero-order valence-corrected chi connectivity index (χ0v) is 40.7. The third-order valence-corrected chi connectivity index (χ3v) is 13.0. The molecule has 0 fully saturated rings. The van der Waals surface area contributed by atoms with Crippen molar-refractivity contribution in [3.63, 3.8) is 0 Å². The summed E-state index contributed by atoms with van der Waals surface area (Å²) in [5.41, 5.74) is 11.4. The second kappa shape index (κ2) is 17.5. The quantitative estimate of drug-likeness (QED) is 0.101. The van der Waals surface area contributed by atoms with Gasteiger partial charge in [-0.1, -0.05) is 169 Å². The monoisotopic (exact) mass is 1040 g/mol. The third kappa shape index (κ3) is 8.33. The number of fused-ring (bicyclic) bond motifs is 3. The Labute approximate surface area is 403 Å². The van der Waals surface area contributed by atoms with Crippen LogP contribution in [0.4, 0.5) is 0 Å². The van der Waals surface area contributed by atoms with E-state index in [0.717, 1.165) is 50.3 Å². The zero-order chi connectivity index (χ0) is 44.9. The molecular weight excluding hydrogens is 988 g/mol. The van der Waals surface area contributed by atoms with Crippen molar-refractivity contribution in [3.05, 3.63) is 235 Å². The van der Waals surface area contributed by atoms with Gasteiger partial charge in [0, 0.05) is 61.3 Å². The maximum absolute atomic E-state index is 6.72. The van der Waals surface area contributed by atoms with E-state index in [9.17, 15) is 0 Å². The van der Waals surface area contributed by atoms with E-state index in [1.165, 1.54) is 27.8 Å². The Kier molecular flexibility index (Phi) is 11.8. The number of rotatable bonds is 10. The van der Waals surface area contributed by atoms with Crippen LogP contribution in [0, 0.1) is 18.5 Å². The topological polar surface area (TPSA) is 35.9 Å². The summed E-state index contributed by atoms with van der Waals surface area (Å²) in [6.45, 7) is 15.8. The van der Waals surface area contributed by atoms with Crippen LogP contribution in [0.25, 0.3) is 50.1 Å². The van der Waals surface area contributed by atoms with Gasteiger partial charge >= 0.3 is 0 Å². The number of imidazole rings is 1. The molecule has 3 aromatic heterocycles. The van der Waals surface area contributed by atoms with Crippen molar-refractivity contribution < 1.29 is 30.4 Å². The summed E-state index contributed by atoms with van der Waals surface area (Å²) in [5, 5.41) is 2.20. The van der Waals surface area contributed by atoms with Crippen LogP contribution in [-0.2, 0) is 37.3 Å². The Balaban J connectivity index is 0.00000548. The van der Waals surface area contributed by atoms with E-state index in [0.29, 0.717) is 11.5 Å². The first-order valence-corrected chi connectivity index (χ1v) is 22.4. The number of benzene rings is 7. The van der Waals surface area contributed by atoms with Crippen LogP contribution in [0.2, 0.25) is 0 Å². The molecule has 66 heavy (non-hydrogen) atoms. The van der Waals surface area contributed by atoms with Crippen LogP contribution in [0.1, 0.15) is 76.4 Å². The largest absolute Gasteiger partial charge is 0.510 e. The molecule has 0 aliphatic rings. The van der Waals surface area contributed by atoms with Crippen LogP contribution in [0.3, 0.4) is 0 Å². The molecule has 0 aliphatic heterocycles. The normalized spacial score (nSPS) is 12.0. The molecule has 10 aromatic rings. The number of hydrogen-bond acceptors (Lipinski definition) is 2. The van der Waals surface area contributed by atoms with Crippen molar-refractivity contribution in [2.24, 2.45) is 0 Å². The molecule has 0 bridgehead atoms. The fourth-order valence-corrected chi connectivity index (χ4v) is 8.98. The number of pyridine rings is 1. The Hall–Kier alpha value is -6.81. The summed E-state index contributed by atoms with van der Waals surface area (Å²) in [7, 11) is 0. The standard InChI is InChI=1S/C60H52N4O.Pt/c1-58(2,3)46-33-34-61-57(37-46)64-54-32-29-43(42-19-11-8-12-20-42)35-53(54)52-31-30-51(39-55(52)64)65-50-28-18-27-49(38-50)63-41-62(40-56(63)60(6,7)45-23-15-10-16-24-45)48-26-17-25-47(36-48)59(4,5)44-21-13-9-14-22-44;/h8-37,40H,1-7H3;/q-2;. The summed E-state index contributed by atoms with van der Waals surface area (Å²) >= 11 is 0. The summed E-state index contributed by atoms with van der Waals surface area (Å²) in [6, 6.07) is 69.1. The molecule has 6 heteroatoms. The Morgan fingerprint density at radius 2 is 1.18 bits per heavy atom. The van der Waals surface area contributed by atoms with Crippen molar-refractivity contribution in [3.8, 4) is 39.8 Å². The van der Waals surface area contributed by atoms with E-state index in [1.54, 1.807) is 0 Å². The van der Waals surface area contributed by atoms with Gasteiger partial charge in [0.15, 0.2) is 0 Å². The van der Waals surface area contributed by atoms with E-state index in [2.05, 4.69) is 245 Å². The molecule has 0 saturated heterocycles. The van der Waals surface area contributed by atoms with E-state index in [1.807, 2.05) is 24.4 Å². The molecular formula is C60H52N4OPt-2. The fourth-order valence-electron chi connectivity index (χ4n) is 8.98. The average Bonchev–Trinajstić information content (AvgIpc) is 3.93. The van der Waals surface area contributed by atoms with Crippen LogP contribution in [0.15, 0.2) is 188 Å². The van der Waals surface area contributed by atoms with Crippen molar-refractivity contribution >= 4 is 21.8 Å². The predicted octanol–water partition coefficient (Wildman–Crippen LogP) is 14.1. The average molecular weight is 1040 g/mol. The number of ether oxygens (including phenoxy) is 1. The maximum atomic E-state index is 6.72. The minimum Gasteiger partial charge on any atom is -0.510 e. The van der Waals surface area contributed by atoms with Crippen molar-refractivity contribution in [2.75, 3.05) is 0 Å². The number of nitrogens with zero attached hydrogens (tertiary/aromatic N) is 4.